The molecule has 146 valence electrons. The number of ether oxygens (including phenoxy) is 2. The molecular weight excluding hydrogens is 428 g/mol. The van der Waals surface area contributed by atoms with Crippen molar-refractivity contribution in [1.29, 1.82) is 0 Å². The zero-order valence-electron chi connectivity index (χ0n) is 15.0. The van der Waals surface area contributed by atoms with Crippen molar-refractivity contribution in [3.05, 3.63) is 68.7 Å². The summed E-state index contributed by atoms with van der Waals surface area (Å²) in [5.41, 5.74) is 0.869. The Hall–Kier alpha value is -2.45. The molecule has 0 N–H and O–H groups in total. The van der Waals surface area contributed by atoms with E-state index in [1.807, 2.05) is 24.3 Å². The number of amides is 1. The Morgan fingerprint density at radius 3 is 2.79 bits per heavy atom. The van der Waals surface area contributed by atoms with Gasteiger partial charge in [0.25, 0.3) is 11.6 Å². The molecule has 4 rings (SSSR count). The van der Waals surface area contributed by atoms with Gasteiger partial charge in [0.15, 0.2) is 0 Å². The largest absolute Gasteiger partial charge is 0.478 e. The lowest BCUT2D eigenvalue weighted by Gasteiger charge is -2.47. The second kappa shape index (κ2) is 7.89. The van der Waals surface area contributed by atoms with Gasteiger partial charge >= 0.3 is 0 Å². The van der Waals surface area contributed by atoms with Crippen LogP contribution >= 0.6 is 15.9 Å². The topological polar surface area (TPSA) is 81.9 Å². The fourth-order valence-electron chi connectivity index (χ4n) is 3.71. The quantitative estimate of drug-likeness (QED) is 0.382. The van der Waals surface area contributed by atoms with Gasteiger partial charge in [-0.3, -0.25) is 14.9 Å². The highest BCUT2D eigenvalue weighted by atomic mass is 79.9. The summed E-state index contributed by atoms with van der Waals surface area (Å²) >= 11 is 3.56. The average Bonchev–Trinajstić information content (AvgIpc) is 3.21. The van der Waals surface area contributed by atoms with Crippen LogP contribution in [-0.4, -0.2) is 41.1 Å². The minimum atomic E-state index is -0.734. The predicted octanol–water partition coefficient (Wildman–Crippen LogP) is 3.87. The van der Waals surface area contributed by atoms with Crippen LogP contribution in [0.5, 0.6) is 5.75 Å². The van der Waals surface area contributed by atoms with Crippen molar-refractivity contribution in [2.45, 2.75) is 31.1 Å². The Morgan fingerprint density at radius 1 is 1.25 bits per heavy atom. The number of rotatable bonds is 6. The number of likely N-dealkylation sites (tertiary alicyclic amines) is 1. The van der Waals surface area contributed by atoms with E-state index in [9.17, 15) is 14.9 Å². The van der Waals surface area contributed by atoms with Crippen molar-refractivity contribution in [2.75, 3.05) is 13.2 Å². The molecule has 0 spiro atoms. The number of benzene rings is 2. The van der Waals surface area contributed by atoms with Gasteiger partial charge in [-0.2, -0.15) is 0 Å². The molecule has 0 bridgehead atoms. The van der Waals surface area contributed by atoms with E-state index in [-0.39, 0.29) is 23.7 Å². The summed E-state index contributed by atoms with van der Waals surface area (Å²) in [6, 6.07) is 13.3. The molecule has 3 atom stereocenters. The van der Waals surface area contributed by atoms with Gasteiger partial charge in [0.1, 0.15) is 11.8 Å². The van der Waals surface area contributed by atoms with E-state index in [2.05, 4.69) is 15.9 Å². The van der Waals surface area contributed by atoms with Crippen LogP contribution in [0.1, 0.15) is 24.4 Å². The van der Waals surface area contributed by atoms with Gasteiger partial charge in [-0.15, -0.1) is 0 Å². The Balaban J connectivity index is 1.60. The van der Waals surface area contributed by atoms with Crippen molar-refractivity contribution in [3.63, 3.8) is 0 Å². The highest BCUT2D eigenvalue weighted by Gasteiger charge is 2.51. The van der Waals surface area contributed by atoms with Gasteiger partial charge in [0.05, 0.1) is 17.1 Å². The van der Waals surface area contributed by atoms with Crippen molar-refractivity contribution in [2.24, 2.45) is 0 Å². The molecule has 2 heterocycles. The van der Waals surface area contributed by atoms with Crippen LogP contribution in [0.3, 0.4) is 0 Å². The molecule has 2 aromatic carbocycles. The number of nitro benzene ring substituents is 1. The standard InChI is InChI=1S/C20H19BrN2O5/c21-17-9-2-1-8-16(17)18-19(20(24)22(18)12-15-7-4-10-27-15)28-14-6-3-5-13(11-14)23(25)26/h1-3,5-6,8-9,11,15,18-19H,4,7,10,12H2/t15-,18-,19+/m0/s1. The monoisotopic (exact) mass is 446 g/mol. The molecule has 2 aliphatic rings. The second-order valence-electron chi connectivity index (χ2n) is 6.88. The lowest BCUT2D eigenvalue weighted by Crippen LogP contribution is -2.62. The first-order valence-corrected chi connectivity index (χ1v) is 9.91. The number of nitrogens with zero attached hydrogens (tertiary/aromatic N) is 2. The normalized spacial score (nSPS) is 24.1. The van der Waals surface area contributed by atoms with Gasteiger partial charge in [-0.1, -0.05) is 40.2 Å². The maximum absolute atomic E-state index is 12.9. The third kappa shape index (κ3) is 3.62. The molecule has 2 aliphatic heterocycles. The molecule has 0 aromatic heterocycles. The molecule has 0 aliphatic carbocycles. The maximum Gasteiger partial charge on any atom is 0.273 e. The highest BCUT2D eigenvalue weighted by molar-refractivity contribution is 9.10. The average molecular weight is 447 g/mol. The van der Waals surface area contributed by atoms with E-state index < -0.39 is 11.0 Å². The second-order valence-corrected chi connectivity index (χ2v) is 7.74. The molecule has 2 fully saturated rings. The van der Waals surface area contributed by atoms with E-state index >= 15 is 0 Å². The molecule has 2 aromatic rings. The molecule has 28 heavy (non-hydrogen) atoms. The minimum absolute atomic E-state index is 0.0349. The SMILES string of the molecule is O=C1[C@H](Oc2cccc([N+](=O)[O-])c2)[C@H](c2ccccc2Br)N1C[C@@H]1CCCO1. The van der Waals surface area contributed by atoms with Gasteiger partial charge < -0.3 is 14.4 Å². The third-order valence-corrected chi connectivity index (χ3v) is 5.81. The Labute approximate surface area is 170 Å². The smallest absolute Gasteiger partial charge is 0.273 e. The van der Waals surface area contributed by atoms with Crippen LogP contribution in [0.4, 0.5) is 5.69 Å². The van der Waals surface area contributed by atoms with Crippen LogP contribution < -0.4 is 4.74 Å². The number of carbonyl (C=O) groups excluding carboxylic acids is 1. The zero-order valence-corrected chi connectivity index (χ0v) is 16.6. The van der Waals surface area contributed by atoms with Gasteiger partial charge in [-0.25, -0.2) is 0 Å². The lowest BCUT2D eigenvalue weighted by molar-refractivity contribution is -0.385. The van der Waals surface area contributed by atoms with Crippen molar-refractivity contribution in [1.82, 2.24) is 4.90 Å². The summed E-state index contributed by atoms with van der Waals surface area (Å²) < 4.78 is 12.5. The number of hydrogen-bond donors (Lipinski definition) is 0. The van der Waals surface area contributed by atoms with E-state index in [1.54, 1.807) is 17.0 Å². The number of hydrogen-bond acceptors (Lipinski definition) is 5. The first-order valence-electron chi connectivity index (χ1n) is 9.12. The molecule has 1 amide bonds. The van der Waals surface area contributed by atoms with Gasteiger partial charge in [0, 0.05) is 23.7 Å². The van der Waals surface area contributed by atoms with Crippen LogP contribution in [0, 0.1) is 10.1 Å². The van der Waals surface area contributed by atoms with Crippen LogP contribution in [0.25, 0.3) is 0 Å². The third-order valence-electron chi connectivity index (χ3n) is 5.09. The maximum atomic E-state index is 12.9. The molecule has 2 saturated heterocycles. The molecule has 0 radical (unpaired) electrons. The number of halogens is 1. The Bertz CT molecular complexity index is 900. The van der Waals surface area contributed by atoms with Gasteiger partial charge in [0.2, 0.25) is 6.10 Å². The molecule has 8 heteroatoms. The summed E-state index contributed by atoms with van der Waals surface area (Å²) in [5.74, 6) is 0.170. The Kier molecular flexibility index (Phi) is 5.32. The first kappa shape index (κ1) is 18.9. The number of non-ortho nitro benzene ring substituents is 1. The fraction of sp³-hybridized carbons (Fsp3) is 0.350. The molecule has 0 unspecified atom stereocenters. The molecule has 7 nitrogen and oxygen atoms in total. The summed E-state index contributed by atoms with van der Waals surface area (Å²) in [4.78, 5) is 25.2. The zero-order chi connectivity index (χ0) is 19.7. The van der Waals surface area contributed by atoms with E-state index in [0.29, 0.717) is 12.3 Å². The van der Waals surface area contributed by atoms with Crippen LogP contribution in [0.15, 0.2) is 53.0 Å². The van der Waals surface area contributed by atoms with Gasteiger partial charge in [-0.05, 0) is 30.5 Å². The van der Waals surface area contributed by atoms with E-state index in [1.165, 1.54) is 12.1 Å². The van der Waals surface area contributed by atoms with Crippen LogP contribution in [-0.2, 0) is 9.53 Å². The van der Waals surface area contributed by atoms with E-state index in [0.717, 1.165) is 29.5 Å². The van der Waals surface area contributed by atoms with E-state index in [4.69, 9.17) is 9.47 Å². The number of β-lactam (4-membered cyclic amide) rings is 1. The summed E-state index contributed by atoms with van der Waals surface area (Å²) in [6.45, 7) is 1.24. The molecule has 0 saturated carbocycles. The van der Waals surface area contributed by atoms with Crippen LogP contribution in [0.2, 0.25) is 0 Å². The van der Waals surface area contributed by atoms with Crippen molar-refractivity contribution < 1.29 is 19.2 Å². The fourth-order valence-corrected chi connectivity index (χ4v) is 4.23. The molecular formula is C20H19BrN2O5. The summed E-state index contributed by atoms with van der Waals surface area (Å²) in [5, 5.41) is 11.0. The predicted molar refractivity (Wildman–Crippen MR) is 105 cm³/mol. The Morgan fingerprint density at radius 2 is 2.07 bits per heavy atom. The minimum Gasteiger partial charge on any atom is -0.478 e. The van der Waals surface area contributed by atoms with Crippen molar-refractivity contribution in [3.8, 4) is 5.75 Å². The van der Waals surface area contributed by atoms with Crippen molar-refractivity contribution >= 4 is 27.5 Å². The number of carbonyl (C=O) groups is 1. The summed E-state index contributed by atoms with van der Waals surface area (Å²) in [7, 11) is 0. The number of nitro groups is 1. The first-order chi connectivity index (χ1) is 13.5. The lowest BCUT2D eigenvalue weighted by atomic mass is 9.90. The summed E-state index contributed by atoms with van der Waals surface area (Å²) in [6.07, 6.45) is 1.23. The highest BCUT2D eigenvalue weighted by Crippen LogP contribution is 2.41.